The van der Waals surface area contributed by atoms with Gasteiger partial charge in [-0.1, -0.05) is 0 Å². The third-order valence-corrected chi connectivity index (χ3v) is 4.48. The predicted octanol–water partition coefficient (Wildman–Crippen LogP) is 4.29. The summed E-state index contributed by atoms with van der Waals surface area (Å²) in [5.74, 6) is 0. The zero-order chi connectivity index (χ0) is 16.8. The summed E-state index contributed by atoms with van der Waals surface area (Å²) in [5.41, 5.74) is 1.71. The summed E-state index contributed by atoms with van der Waals surface area (Å²) in [4.78, 5) is 18.6. The Labute approximate surface area is 144 Å². The second-order valence-corrected chi connectivity index (χ2v) is 8.03. The molecule has 3 rings (SSSR count). The zero-order valence-electron chi connectivity index (χ0n) is 14.0. The molecule has 0 unspecified atom stereocenters. The van der Waals surface area contributed by atoms with E-state index >= 15 is 0 Å². The number of carbonyl (C=O) groups is 1. The van der Waals surface area contributed by atoms with E-state index in [9.17, 15) is 4.79 Å². The van der Waals surface area contributed by atoms with Gasteiger partial charge in [0.25, 0.3) is 0 Å². The molecule has 0 N–H and O–H groups in total. The van der Waals surface area contributed by atoms with Gasteiger partial charge in [-0.2, -0.15) is 0 Å². The largest absolute Gasteiger partial charge is 0.444 e. The first-order valence-electron chi connectivity index (χ1n) is 7.85. The van der Waals surface area contributed by atoms with Gasteiger partial charge in [-0.25, -0.2) is 9.78 Å². The molecule has 0 aliphatic carbocycles. The third-order valence-electron chi connectivity index (χ3n) is 4.04. The van der Waals surface area contributed by atoms with Crippen molar-refractivity contribution in [3.8, 4) is 0 Å². The Bertz CT molecular complexity index is 748. The SMILES string of the molecule is Cc1cn([C@H]2CCN(C(=O)OC(C)(C)C)C2)c2ncc(Br)cc12. The quantitative estimate of drug-likeness (QED) is 0.742. The molecule has 0 saturated carbocycles. The lowest BCUT2D eigenvalue weighted by atomic mass is 10.2. The van der Waals surface area contributed by atoms with Crippen molar-refractivity contribution >= 4 is 33.1 Å². The normalized spacial score (nSPS) is 18.7. The van der Waals surface area contributed by atoms with E-state index in [1.165, 1.54) is 5.56 Å². The number of halogens is 1. The van der Waals surface area contributed by atoms with Gasteiger partial charge in [0.15, 0.2) is 0 Å². The van der Waals surface area contributed by atoms with E-state index in [-0.39, 0.29) is 12.1 Å². The summed E-state index contributed by atoms with van der Waals surface area (Å²) in [5, 5.41) is 1.15. The van der Waals surface area contributed by atoms with Crippen LogP contribution in [-0.4, -0.2) is 39.2 Å². The molecule has 23 heavy (non-hydrogen) atoms. The van der Waals surface area contributed by atoms with Gasteiger partial charge in [0, 0.05) is 35.3 Å². The summed E-state index contributed by atoms with van der Waals surface area (Å²) in [7, 11) is 0. The average Bonchev–Trinajstić information content (AvgIpc) is 3.02. The van der Waals surface area contributed by atoms with E-state index in [4.69, 9.17) is 4.74 Å². The molecule has 1 aliphatic rings. The Kier molecular flexibility index (Phi) is 4.12. The Balaban J connectivity index is 1.81. The van der Waals surface area contributed by atoms with Crippen molar-refractivity contribution < 1.29 is 9.53 Å². The van der Waals surface area contributed by atoms with E-state index in [1.54, 1.807) is 4.90 Å². The number of hydrogen-bond acceptors (Lipinski definition) is 3. The van der Waals surface area contributed by atoms with Crippen LogP contribution in [0.1, 0.15) is 38.8 Å². The highest BCUT2D eigenvalue weighted by Crippen LogP contribution is 2.30. The van der Waals surface area contributed by atoms with Crippen LogP contribution in [0.4, 0.5) is 4.79 Å². The highest BCUT2D eigenvalue weighted by molar-refractivity contribution is 9.10. The number of nitrogens with zero attached hydrogens (tertiary/aromatic N) is 3. The molecule has 0 aromatic carbocycles. The highest BCUT2D eigenvalue weighted by atomic mass is 79.9. The van der Waals surface area contributed by atoms with E-state index in [1.807, 2.05) is 27.0 Å². The molecule has 0 radical (unpaired) electrons. The minimum absolute atomic E-state index is 0.233. The first-order valence-corrected chi connectivity index (χ1v) is 8.64. The first kappa shape index (κ1) is 16.3. The van der Waals surface area contributed by atoms with Crippen LogP contribution in [0.2, 0.25) is 0 Å². The number of hydrogen-bond donors (Lipinski definition) is 0. The van der Waals surface area contributed by atoms with Crippen LogP contribution in [0.3, 0.4) is 0 Å². The smallest absolute Gasteiger partial charge is 0.410 e. The van der Waals surface area contributed by atoms with Gasteiger partial charge in [0.1, 0.15) is 11.2 Å². The van der Waals surface area contributed by atoms with E-state index < -0.39 is 5.60 Å². The van der Waals surface area contributed by atoms with Gasteiger partial charge >= 0.3 is 6.09 Å². The van der Waals surface area contributed by atoms with Crippen LogP contribution in [0.5, 0.6) is 0 Å². The number of pyridine rings is 1. The second-order valence-electron chi connectivity index (χ2n) is 7.11. The maximum atomic E-state index is 12.2. The molecule has 0 bridgehead atoms. The minimum Gasteiger partial charge on any atom is -0.444 e. The monoisotopic (exact) mass is 379 g/mol. The van der Waals surface area contributed by atoms with Crippen molar-refractivity contribution in [2.45, 2.75) is 45.8 Å². The average molecular weight is 380 g/mol. The van der Waals surface area contributed by atoms with Gasteiger partial charge in [0.05, 0.1) is 6.04 Å². The van der Waals surface area contributed by atoms with Gasteiger partial charge in [-0.3, -0.25) is 0 Å². The molecule has 3 heterocycles. The number of aryl methyl sites for hydroxylation is 1. The third kappa shape index (κ3) is 3.37. The molecule has 0 spiro atoms. The standard InChI is InChI=1S/C17H22BrN3O2/c1-11-9-21(15-14(11)7-12(18)8-19-15)13-5-6-20(10-13)16(22)23-17(2,3)4/h7-9,13H,5-6,10H2,1-4H3/t13-/m0/s1. The van der Waals surface area contributed by atoms with Crippen molar-refractivity contribution in [3.63, 3.8) is 0 Å². The lowest BCUT2D eigenvalue weighted by molar-refractivity contribution is 0.0289. The van der Waals surface area contributed by atoms with E-state index in [2.05, 4.69) is 44.7 Å². The van der Waals surface area contributed by atoms with Crippen LogP contribution in [-0.2, 0) is 4.74 Å². The van der Waals surface area contributed by atoms with Gasteiger partial charge < -0.3 is 14.2 Å². The topological polar surface area (TPSA) is 47.4 Å². The van der Waals surface area contributed by atoms with Crippen LogP contribution >= 0.6 is 15.9 Å². The molecule has 1 fully saturated rings. The van der Waals surface area contributed by atoms with Crippen LogP contribution in [0, 0.1) is 6.92 Å². The molecule has 124 valence electrons. The fourth-order valence-corrected chi connectivity index (χ4v) is 3.34. The molecule has 1 saturated heterocycles. The van der Waals surface area contributed by atoms with Gasteiger partial charge in [0.2, 0.25) is 0 Å². The van der Waals surface area contributed by atoms with Crippen molar-refractivity contribution in [2.24, 2.45) is 0 Å². The number of aromatic nitrogens is 2. The highest BCUT2D eigenvalue weighted by Gasteiger charge is 2.31. The summed E-state index contributed by atoms with van der Waals surface area (Å²) in [6, 6.07) is 2.33. The lowest BCUT2D eigenvalue weighted by Crippen LogP contribution is -2.35. The molecule has 2 aromatic rings. The first-order chi connectivity index (χ1) is 10.7. The number of ether oxygens (including phenoxy) is 1. The van der Waals surface area contributed by atoms with Crippen molar-refractivity contribution in [3.05, 3.63) is 28.5 Å². The Hall–Kier alpha value is -1.56. The predicted molar refractivity (Wildman–Crippen MR) is 93.6 cm³/mol. The lowest BCUT2D eigenvalue weighted by Gasteiger charge is -2.24. The Morgan fingerprint density at radius 1 is 1.43 bits per heavy atom. The van der Waals surface area contributed by atoms with Crippen LogP contribution in [0.15, 0.2) is 22.9 Å². The number of rotatable bonds is 1. The van der Waals surface area contributed by atoms with Crippen molar-refractivity contribution in [2.75, 3.05) is 13.1 Å². The maximum absolute atomic E-state index is 12.2. The molecule has 1 aliphatic heterocycles. The molecular weight excluding hydrogens is 358 g/mol. The van der Waals surface area contributed by atoms with E-state index in [0.717, 1.165) is 28.5 Å². The number of fused-ring (bicyclic) bond motifs is 1. The number of likely N-dealkylation sites (tertiary alicyclic amines) is 1. The molecule has 6 heteroatoms. The fraction of sp³-hybridized carbons (Fsp3) is 0.529. The Morgan fingerprint density at radius 2 is 2.17 bits per heavy atom. The van der Waals surface area contributed by atoms with Crippen LogP contribution in [0.25, 0.3) is 11.0 Å². The molecule has 1 amide bonds. The summed E-state index contributed by atoms with van der Waals surface area (Å²) in [6.45, 7) is 9.15. The molecule has 2 aromatic heterocycles. The molecular formula is C17H22BrN3O2. The fourth-order valence-electron chi connectivity index (χ4n) is 3.01. The Morgan fingerprint density at radius 3 is 2.87 bits per heavy atom. The summed E-state index contributed by atoms with van der Waals surface area (Å²) < 4.78 is 8.65. The molecule has 5 nitrogen and oxygen atoms in total. The maximum Gasteiger partial charge on any atom is 0.410 e. The number of amides is 1. The number of carbonyl (C=O) groups excluding carboxylic acids is 1. The second kappa shape index (κ2) is 5.82. The zero-order valence-corrected chi connectivity index (χ0v) is 15.6. The van der Waals surface area contributed by atoms with Crippen LogP contribution < -0.4 is 0 Å². The van der Waals surface area contributed by atoms with Crippen molar-refractivity contribution in [1.82, 2.24) is 14.5 Å². The summed E-state index contributed by atoms with van der Waals surface area (Å²) >= 11 is 3.47. The van der Waals surface area contributed by atoms with Gasteiger partial charge in [-0.05, 0) is 61.7 Å². The molecule has 1 atom stereocenters. The van der Waals surface area contributed by atoms with Gasteiger partial charge in [-0.15, -0.1) is 0 Å². The van der Waals surface area contributed by atoms with Crippen molar-refractivity contribution in [1.29, 1.82) is 0 Å². The van der Waals surface area contributed by atoms with E-state index in [0.29, 0.717) is 6.54 Å². The minimum atomic E-state index is -0.459. The summed E-state index contributed by atoms with van der Waals surface area (Å²) in [6.07, 6.45) is 4.63.